The van der Waals surface area contributed by atoms with Crippen molar-refractivity contribution in [2.45, 2.75) is 18.5 Å². The molecule has 0 unspecified atom stereocenters. The van der Waals surface area contributed by atoms with Gasteiger partial charge in [0, 0.05) is 7.11 Å². The van der Waals surface area contributed by atoms with Crippen molar-refractivity contribution in [3.05, 3.63) is 35.4 Å². The lowest BCUT2D eigenvalue weighted by Crippen LogP contribution is -2.44. The van der Waals surface area contributed by atoms with Crippen LogP contribution in [-0.4, -0.2) is 37.4 Å². The highest BCUT2D eigenvalue weighted by Gasteiger charge is 2.42. The summed E-state index contributed by atoms with van der Waals surface area (Å²) < 4.78 is 10.4. The predicted molar refractivity (Wildman–Crippen MR) is 61.7 cm³/mol. The van der Waals surface area contributed by atoms with Crippen molar-refractivity contribution in [3.63, 3.8) is 0 Å². The Labute approximate surface area is 100 Å². The maximum Gasteiger partial charge on any atom is 0.410 e. The SMILES string of the molecule is COC[C@@H]1c2ccccc2C[C@H]2COC(=O)N21. The Bertz CT molecular complexity index is 446. The Morgan fingerprint density at radius 1 is 1.47 bits per heavy atom. The first-order valence-corrected chi connectivity index (χ1v) is 5.83. The van der Waals surface area contributed by atoms with E-state index in [0.29, 0.717) is 13.2 Å². The second kappa shape index (κ2) is 4.04. The molecule has 2 heterocycles. The number of rotatable bonds is 2. The molecule has 0 aromatic heterocycles. The number of ether oxygens (including phenoxy) is 2. The van der Waals surface area contributed by atoms with E-state index in [1.807, 2.05) is 17.0 Å². The highest BCUT2D eigenvalue weighted by atomic mass is 16.6. The second-order valence-electron chi connectivity index (χ2n) is 4.51. The number of hydrogen-bond donors (Lipinski definition) is 0. The number of carbonyl (C=O) groups is 1. The monoisotopic (exact) mass is 233 g/mol. The third-order valence-electron chi connectivity index (χ3n) is 3.53. The van der Waals surface area contributed by atoms with Crippen LogP contribution in [-0.2, 0) is 15.9 Å². The van der Waals surface area contributed by atoms with Crippen LogP contribution in [0.2, 0.25) is 0 Å². The molecule has 0 bridgehead atoms. The molecule has 0 saturated carbocycles. The number of benzene rings is 1. The summed E-state index contributed by atoms with van der Waals surface area (Å²) in [6.07, 6.45) is 0.661. The average Bonchev–Trinajstić information content (AvgIpc) is 2.71. The van der Waals surface area contributed by atoms with Crippen LogP contribution in [0, 0.1) is 0 Å². The molecule has 17 heavy (non-hydrogen) atoms. The van der Waals surface area contributed by atoms with Gasteiger partial charge in [-0.1, -0.05) is 24.3 Å². The molecular weight excluding hydrogens is 218 g/mol. The van der Waals surface area contributed by atoms with E-state index in [-0.39, 0.29) is 18.2 Å². The van der Waals surface area contributed by atoms with Crippen molar-refractivity contribution >= 4 is 6.09 Å². The predicted octanol–water partition coefficient (Wildman–Crippen LogP) is 1.75. The van der Waals surface area contributed by atoms with E-state index in [1.54, 1.807) is 7.11 Å². The summed E-state index contributed by atoms with van der Waals surface area (Å²) in [6.45, 7) is 1.01. The van der Waals surface area contributed by atoms with E-state index in [9.17, 15) is 4.79 Å². The van der Waals surface area contributed by atoms with Gasteiger partial charge in [0.2, 0.25) is 0 Å². The van der Waals surface area contributed by atoms with Gasteiger partial charge in [0.25, 0.3) is 0 Å². The Morgan fingerprint density at radius 3 is 3.12 bits per heavy atom. The van der Waals surface area contributed by atoms with E-state index in [1.165, 1.54) is 11.1 Å². The molecule has 90 valence electrons. The van der Waals surface area contributed by atoms with Crippen molar-refractivity contribution in [2.24, 2.45) is 0 Å². The van der Waals surface area contributed by atoms with Crippen molar-refractivity contribution in [1.29, 1.82) is 0 Å². The van der Waals surface area contributed by atoms with Crippen LogP contribution >= 0.6 is 0 Å². The molecule has 1 aromatic carbocycles. The zero-order valence-electron chi connectivity index (χ0n) is 9.76. The van der Waals surface area contributed by atoms with Gasteiger partial charge in [-0.25, -0.2) is 4.79 Å². The van der Waals surface area contributed by atoms with Crippen LogP contribution < -0.4 is 0 Å². The van der Waals surface area contributed by atoms with E-state index in [2.05, 4.69) is 12.1 Å². The standard InChI is InChI=1S/C13H15NO3/c1-16-8-12-11-5-3-2-4-9(11)6-10-7-17-13(15)14(10)12/h2-5,10,12H,6-8H2,1H3/t10-,12+/m0/s1. The number of amides is 1. The maximum atomic E-state index is 11.8. The smallest absolute Gasteiger partial charge is 0.410 e. The molecule has 0 spiro atoms. The van der Waals surface area contributed by atoms with Gasteiger partial charge >= 0.3 is 6.09 Å². The lowest BCUT2D eigenvalue weighted by molar-refractivity contribution is 0.0861. The van der Waals surface area contributed by atoms with Gasteiger partial charge in [-0.15, -0.1) is 0 Å². The molecule has 1 fully saturated rings. The minimum absolute atomic E-state index is 0.00931. The highest BCUT2D eigenvalue weighted by molar-refractivity contribution is 5.71. The number of hydrogen-bond acceptors (Lipinski definition) is 3. The Kier molecular flexibility index (Phi) is 2.52. The summed E-state index contributed by atoms with van der Waals surface area (Å²) >= 11 is 0. The normalized spacial score (nSPS) is 26.4. The molecule has 2 atom stereocenters. The van der Waals surface area contributed by atoms with Crippen molar-refractivity contribution in [1.82, 2.24) is 4.90 Å². The van der Waals surface area contributed by atoms with Crippen LogP contribution in [0.5, 0.6) is 0 Å². The molecule has 2 aliphatic rings. The first-order chi connectivity index (χ1) is 8.31. The van der Waals surface area contributed by atoms with Crippen molar-refractivity contribution < 1.29 is 14.3 Å². The van der Waals surface area contributed by atoms with Crippen LogP contribution in [0.15, 0.2) is 24.3 Å². The van der Waals surface area contributed by atoms with Gasteiger partial charge in [-0.2, -0.15) is 0 Å². The van der Waals surface area contributed by atoms with E-state index in [0.717, 1.165) is 6.42 Å². The van der Waals surface area contributed by atoms with Crippen LogP contribution in [0.4, 0.5) is 4.79 Å². The number of methoxy groups -OCH3 is 1. The van der Waals surface area contributed by atoms with Crippen molar-refractivity contribution in [2.75, 3.05) is 20.3 Å². The molecule has 0 N–H and O–H groups in total. The topological polar surface area (TPSA) is 38.8 Å². The molecular formula is C13H15NO3. The van der Waals surface area contributed by atoms with E-state index in [4.69, 9.17) is 9.47 Å². The molecule has 3 rings (SSSR count). The molecule has 1 amide bonds. The van der Waals surface area contributed by atoms with Crippen molar-refractivity contribution in [3.8, 4) is 0 Å². The minimum atomic E-state index is -0.216. The summed E-state index contributed by atoms with van der Waals surface area (Å²) in [6, 6.07) is 8.39. The average molecular weight is 233 g/mol. The first-order valence-electron chi connectivity index (χ1n) is 5.83. The lowest BCUT2D eigenvalue weighted by atomic mass is 9.89. The molecule has 4 heteroatoms. The van der Waals surface area contributed by atoms with Gasteiger partial charge in [-0.3, -0.25) is 4.90 Å². The van der Waals surface area contributed by atoms with E-state index < -0.39 is 0 Å². The summed E-state index contributed by atoms with van der Waals surface area (Å²) in [7, 11) is 1.66. The third-order valence-corrected chi connectivity index (χ3v) is 3.53. The van der Waals surface area contributed by atoms with E-state index >= 15 is 0 Å². The first kappa shape index (κ1) is 10.6. The zero-order chi connectivity index (χ0) is 11.8. The fraction of sp³-hybridized carbons (Fsp3) is 0.462. The molecule has 0 radical (unpaired) electrons. The van der Waals surface area contributed by atoms with Gasteiger partial charge in [-0.05, 0) is 17.5 Å². The van der Waals surface area contributed by atoms with Gasteiger partial charge < -0.3 is 9.47 Å². The number of cyclic esters (lactones) is 1. The summed E-state index contributed by atoms with van der Waals surface area (Å²) in [5, 5.41) is 0. The molecule has 1 saturated heterocycles. The van der Waals surface area contributed by atoms with Crippen LogP contribution in [0.1, 0.15) is 17.2 Å². The number of nitrogens with zero attached hydrogens (tertiary/aromatic N) is 1. The van der Waals surface area contributed by atoms with Crippen LogP contribution in [0.3, 0.4) is 0 Å². The number of carbonyl (C=O) groups excluding carboxylic acids is 1. The number of fused-ring (bicyclic) bond motifs is 2. The Balaban J connectivity index is 2.03. The fourth-order valence-corrected chi connectivity index (χ4v) is 2.79. The molecule has 2 aliphatic heterocycles. The van der Waals surface area contributed by atoms with Crippen LogP contribution in [0.25, 0.3) is 0 Å². The highest BCUT2D eigenvalue weighted by Crippen LogP contribution is 2.36. The second-order valence-corrected chi connectivity index (χ2v) is 4.51. The Morgan fingerprint density at radius 2 is 2.29 bits per heavy atom. The largest absolute Gasteiger partial charge is 0.447 e. The van der Waals surface area contributed by atoms with Gasteiger partial charge in [0.1, 0.15) is 6.61 Å². The Hall–Kier alpha value is -1.55. The molecule has 0 aliphatic carbocycles. The molecule has 4 nitrogen and oxygen atoms in total. The third kappa shape index (κ3) is 1.60. The zero-order valence-corrected chi connectivity index (χ0v) is 9.76. The molecule has 1 aromatic rings. The van der Waals surface area contributed by atoms with Gasteiger partial charge in [0.05, 0.1) is 18.7 Å². The summed E-state index contributed by atoms with van der Waals surface area (Å²) in [4.78, 5) is 13.6. The lowest BCUT2D eigenvalue weighted by Gasteiger charge is -2.36. The van der Waals surface area contributed by atoms with Gasteiger partial charge in [0.15, 0.2) is 0 Å². The summed E-state index contributed by atoms with van der Waals surface area (Å²) in [5.41, 5.74) is 2.48. The maximum absolute atomic E-state index is 11.8. The summed E-state index contributed by atoms with van der Waals surface area (Å²) in [5.74, 6) is 0. The fourth-order valence-electron chi connectivity index (χ4n) is 2.79. The quantitative estimate of drug-likeness (QED) is 0.781. The minimum Gasteiger partial charge on any atom is -0.447 e.